The summed E-state index contributed by atoms with van der Waals surface area (Å²) in [6, 6.07) is 10.5. The number of benzene rings is 1. The molecule has 0 bridgehead atoms. The fraction of sp³-hybridized carbons (Fsp3) is 0.375. The normalized spacial score (nSPS) is 20.7. The van der Waals surface area contributed by atoms with Crippen molar-refractivity contribution >= 4 is 5.91 Å². The van der Waals surface area contributed by atoms with E-state index in [1.165, 1.54) is 5.56 Å². The lowest BCUT2D eigenvalue weighted by molar-refractivity contribution is 0.0920. The van der Waals surface area contributed by atoms with Gasteiger partial charge in [-0.25, -0.2) is 4.98 Å². The summed E-state index contributed by atoms with van der Waals surface area (Å²) in [5.74, 6) is 1.23. The largest absolute Gasteiger partial charge is 0.435 e. The summed E-state index contributed by atoms with van der Waals surface area (Å²) in [6.45, 7) is 3.76. The Bertz CT molecular complexity index is 619. The van der Waals surface area contributed by atoms with Crippen LogP contribution >= 0.6 is 0 Å². The van der Waals surface area contributed by atoms with Crippen molar-refractivity contribution in [1.29, 1.82) is 0 Å². The van der Waals surface area contributed by atoms with Gasteiger partial charge in [-0.2, -0.15) is 0 Å². The van der Waals surface area contributed by atoms with E-state index in [0.29, 0.717) is 29.7 Å². The molecule has 1 aromatic carbocycles. The number of rotatable bonds is 4. The summed E-state index contributed by atoms with van der Waals surface area (Å²) >= 11 is 0. The summed E-state index contributed by atoms with van der Waals surface area (Å²) < 4.78 is 5.47. The molecule has 4 nitrogen and oxygen atoms in total. The molecule has 3 rings (SSSR count). The number of hydrogen-bond donors (Lipinski definition) is 1. The first-order valence-electron chi connectivity index (χ1n) is 7.01. The zero-order valence-electron chi connectivity index (χ0n) is 11.7. The zero-order chi connectivity index (χ0) is 14.1. The van der Waals surface area contributed by atoms with Gasteiger partial charge in [0.05, 0.1) is 5.69 Å². The lowest BCUT2D eigenvalue weighted by atomic mass is 10.1. The molecule has 0 radical (unpaired) electrons. The molecule has 1 aliphatic rings. The first kappa shape index (κ1) is 12.9. The molecule has 2 aromatic rings. The maximum Gasteiger partial charge on any atom is 0.289 e. The number of carbonyl (C=O) groups excluding carboxylic acids is 1. The molecule has 2 atom stereocenters. The van der Waals surface area contributed by atoms with Crippen molar-refractivity contribution in [3.8, 4) is 0 Å². The van der Waals surface area contributed by atoms with Crippen LogP contribution in [-0.2, 0) is 6.42 Å². The van der Waals surface area contributed by atoms with E-state index in [4.69, 9.17) is 4.42 Å². The minimum absolute atomic E-state index is 0.155. The summed E-state index contributed by atoms with van der Waals surface area (Å²) in [7, 11) is 0. The molecule has 4 heteroatoms. The van der Waals surface area contributed by atoms with Crippen molar-refractivity contribution in [2.45, 2.75) is 38.6 Å². The van der Waals surface area contributed by atoms with Crippen LogP contribution in [0.25, 0.3) is 0 Å². The number of aryl methyl sites for hydroxylation is 2. The maximum absolute atomic E-state index is 12.2. The highest BCUT2D eigenvalue weighted by Crippen LogP contribution is 2.40. The number of carbonyl (C=O) groups is 1. The van der Waals surface area contributed by atoms with E-state index < -0.39 is 0 Å². The van der Waals surface area contributed by atoms with Crippen LogP contribution < -0.4 is 5.32 Å². The monoisotopic (exact) mass is 270 g/mol. The van der Waals surface area contributed by atoms with E-state index in [0.717, 1.165) is 6.42 Å². The molecule has 1 saturated carbocycles. The van der Waals surface area contributed by atoms with Crippen LogP contribution in [0.4, 0.5) is 0 Å². The summed E-state index contributed by atoms with van der Waals surface area (Å²) in [6.07, 6.45) is 1.69. The highest BCUT2D eigenvalue weighted by Gasteiger charge is 2.40. The zero-order valence-corrected chi connectivity index (χ0v) is 11.7. The Balaban J connectivity index is 1.65. The topological polar surface area (TPSA) is 55.1 Å². The molecule has 0 saturated heterocycles. The molecule has 1 N–H and O–H groups in total. The van der Waals surface area contributed by atoms with E-state index in [9.17, 15) is 4.79 Å². The minimum Gasteiger partial charge on any atom is -0.435 e. The maximum atomic E-state index is 12.2. The summed E-state index contributed by atoms with van der Waals surface area (Å²) in [4.78, 5) is 16.4. The third kappa shape index (κ3) is 2.46. The van der Waals surface area contributed by atoms with Gasteiger partial charge in [-0.3, -0.25) is 4.79 Å². The van der Waals surface area contributed by atoms with Gasteiger partial charge >= 0.3 is 0 Å². The van der Waals surface area contributed by atoms with Crippen LogP contribution in [-0.4, -0.2) is 16.9 Å². The Morgan fingerprint density at radius 1 is 1.40 bits per heavy atom. The molecule has 1 aliphatic carbocycles. The van der Waals surface area contributed by atoms with Crippen LogP contribution in [0.5, 0.6) is 0 Å². The molecular weight excluding hydrogens is 252 g/mol. The van der Waals surface area contributed by atoms with Gasteiger partial charge in [-0.05, 0) is 18.9 Å². The third-order valence-electron chi connectivity index (χ3n) is 3.68. The van der Waals surface area contributed by atoms with Gasteiger partial charge in [-0.15, -0.1) is 0 Å². The number of amides is 1. The Morgan fingerprint density at radius 3 is 2.80 bits per heavy atom. The number of aromatic nitrogens is 1. The number of oxazole rings is 1. The SMILES string of the molecule is CCc1nc(C)c(C(=O)N[C@@H]2C[C@H]2c2ccccc2)o1. The molecule has 1 amide bonds. The lowest BCUT2D eigenvalue weighted by Crippen LogP contribution is -2.26. The second kappa shape index (κ2) is 5.12. The second-order valence-corrected chi connectivity index (χ2v) is 5.21. The van der Waals surface area contributed by atoms with Gasteiger partial charge in [0.2, 0.25) is 5.76 Å². The third-order valence-corrected chi connectivity index (χ3v) is 3.68. The van der Waals surface area contributed by atoms with Gasteiger partial charge in [0, 0.05) is 18.4 Å². The molecular formula is C16H18N2O2. The van der Waals surface area contributed by atoms with Gasteiger partial charge in [-0.1, -0.05) is 37.3 Å². The van der Waals surface area contributed by atoms with Crippen molar-refractivity contribution in [2.24, 2.45) is 0 Å². The van der Waals surface area contributed by atoms with E-state index in [-0.39, 0.29) is 11.9 Å². The second-order valence-electron chi connectivity index (χ2n) is 5.21. The van der Waals surface area contributed by atoms with Gasteiger partial charge < -0.3 is 9.73 Å². The van der Waals surface area contributed by atoms with E-state index in [2.05, 4.69) is 22.4 Å². The van der Waals surface area contributed by atoms with Crippen molar-refractivity contribution in [3.63, 3.8) is 0 Å². The van der Waals surface area contributed by atoms with Crippen LogP contribution in [0.3, 0.4) is 0 Å². The van der Waals surface area contributed by atoms with Crippen LogP contribution in [0.1, 0.15) is 47.0 Å². The van der Waals surface area contributed by atoms with Crippen molar-refractivity contribution in [3.05, 3.63) is 53.2 Å². The fourth-order valence-corrected chi connectivity index (χ4v) is 2.47. The van der Waals surface area contributed by atoms with E-state index in [1.54, 1.807) is 6.92 Å². The van der Waals surface area contributed by atoms with Gasteiger partial charge in [0.1, 0.15) is 0 Å². The average molecular weight is 270 g/mol. The Morgan fingerprint density at radius 2 is 2.15 bits per heavy atom. The van der Waals surface area contributed by atoms with Gasteiger partial charge in [0.25, 0.3) is 5.91 Å². The Hall–Kier alpha value is -2.10. The number of hydrogen-bond acceptors (Lipinski definition) is 3. The summed E-state index contributed by atoms with van der Waals surface area (Å²) in [5, 5.41) is 3.02. The summed E-state index contributed by atoms with van der Waals surface area (Å²) in [5.41, 5.74) is 1.94. The average Bonchev–Trinajstić information content (AvgIpc) is 3.12. The number of nitrogens with zero attached hydrogens (tertiary/aromatic N) is 1. The van der Waals surface area contributed by atoms with Crippen LogP contribution in [0, 0.1) is 6.92 Å². The van der Waals surface area contributed by atoms with E-state index >= 15 is 0 Å². The molecule has 1 fully saturated rings. The first-order chi connectivity index (χ1) is 9.69. The molecule has 0 unspecified atom stereocenters. The molecule has 1 heterocycles. The Kier molecular flexibility index (Phi) is 3.30. The molecule has 0 aliphatic heterocycles. The van der Waals surface area contributed by atoms with Crippen molar-refractivity contribution < 1.29 is 9.21 Å². The van der Waals surface area contributed by atoms with Crippen LogP contribution in [0.15, 0.2) is 34.7 Å². The highest BCUT2D eigenvalue weighted by molar-refractivity contribution is 5.92. The molecule has 0 spiro atoms. The Labute approximate surface area is 118 Å². The molecule has 20 heavy (non-hydrogen) atoms. The predicted octanol–water partition coefficient (Wildman–Crippen LogP) is 2.83. The molecule has 1 aromatic heterocycles. The highest BCUT2D eigenvalue weighted by atomic mass is 16.4. The van der Waals surface area contributed by atoms with Crippen molar-refractivity contribution in [2.75, 3.05) is 0 Å². The number of nitrogens with one attached hydrogen (secondary N) is 1. The van der Waals surface area contributed by atoms with Gasteiger partial charge in [0.15, 0.2) is 5.89 Å². The van der Waals surface area contributed by atoms with Crippen molar-refractivity contribution in [1.82, 2.24) is 10.3 Å². The fourth-order valence-electron chi connectivity index (χ4n) is 2.47. The van der Waals surface area contributed by atoms with E-state index in [1.807, 2.05) is 25.1 Å². The minimum atomic E-state index is -0.155. The predicted molar refractivity (Wildman–Crippen MR) is 75.7 cm³/mol. The standard InChI is InChI=1S/C16H18N2O2/c1-3-14-17-10(2)15(20-14)16(19)18-13-9-12(13)11-7-5-4-6-8-11/h4-8,12-13H,3,9H2,1-2H3,(H,18,19)/t12-,13+/m0/s1. The van der Waals surface area contributed by atoms with Crippen LogP contribution in [0.2, 0.25) is 0 Å². The first-order valence-corrected chi connectivity index (χ1v) is 7.01. The smallest absolute Gasteiger partial charge is 0.289 e. The molecule has 104 valence electrons. The quantitative estimate of drug-likeness (QED) is 0.929. The lowest BCUT2D eigenvalue weighted by Gasteiger charge is -2.03.